The zero-order valence-electron chi connectivity index (χ0n) is 8.57. The topological polar surface area (TPSA) is 33.1 Å². The number of aliphatic hydroxyl groups excluding tert-OH is 1. The Morgan fingerprint density at radius 3 is 2.59 bits per heavy atom. The molecule has 0 aliphatic heterocycles. The molecule has 1 aromatic carbocycles. The van der Waals surface area contributed by atoms with Gasteiger partial charge in [-0.2, -0.15) is 0 Å². The number of aromatic nitrogens is 1. The highest BCUT2D eigenvalue weighted by atomic mass is 127. The first-order valence-corrected chi connectivity index (χ1v) is 6.29. The Morgan fingerprint density at radius 1 is 1.29 bits per heavy atom. The molecule has 17 heavy (non-hydrogen) atoms. The van der Waals surface area contributed by atoms with Crippen molar-refractivity contribution in [2.24, 2.45) is 0 Å². The van der Waals surface area contributed by atoms with E-state index in [0.29, 0.717) is 9.13 Å². The van der Waals surface area contributed by atoms with Crippen molar-refractivity contribution in [2.45, 2.75) is 6.10 Å². The predicted octanol–water partition coefficient (Wildman–Crippen LogP) is 3.56. The number of hydrogen-bond acceptors (Lipinski definition) is 2. The van der Waals surface area contributed by atoms with Crippen LogP contribution in [0.1, 0.15) is 17.2 Å². The van der Waals surface area contributed by atoms with Gasteiger partial charge in [0.2, 0.25) is 0 Å². The summed E-state index contributed by atoms with van der Waals surface area (Å²) in [7, 11) is 0. The normalized spacial score (nSPS) is 12.5. The molecule has 88 valence electrons. The third-order valence-corrected chi connectivity index (χ3v) is 3.48. The van der Waals surface area contributed by atoms with Gasteiger partial charge in [-0.05, 0) is 28.2 Å². The fourth-order valence-corrected chi connectivity index (χ4v) is 2.33. The molecule has 1 atom stereocenters. The van der Waals surface area contributed by atoms with Gasteiger partial charge >= 0.3 is 0 Å². The molecular weight excluding hydrogens is 355 g/mol. The van der Waals surface area contributed by atoms with E-state index in [9.17, 15) is 9.50 Å². The van der Waals surface area contributed by atoms with Crippen LogP contribution < -0.4 is 0 Å². The molecule has 2 aromatic rings. The van der Waals surface area contributed by atoms with E-state index in [-0.39, 0.29) is 10.7 Å². The summed E-state index contributed by atoms with van der Waals surface area (Å²) in [5.74, 6) is -0.671. The zero-order chi connectivity index (χ0) is 12.4. The minimum Gasteiger partial charge on any atom is -0.384 e. The van der Waals surface area contributed by atoms with E-state index in [1.165, 1.54) is 6.20 Å². The quantitative estimate of drug-likeness (QED) is 0.654. The Balaban J connectivity index is 2.51. The van der Waals surface area contributed by atoms with E-state index in [0.717, 1.165) is 0 Å². The molecule has 0 spiro atoms. The zero-order valence-corrected chi connectivity index (χ0v) is 11.5. The van der Waals surface area contributed by atoms with Gasteiger partial charge in [-0.15, -0.1) is 0 Å². The Labute approximate surface area is 117 Å². The van der Waals surface area contributed by atoms with Crippen molar-refractivity contribution in [1.29, 1.82) is 0 Å². The molecule has 2 nitrogen and oxygen atoms in total. The molecule has 1 aromatic heterocycles. The fourth-order valence-electron chi connectivity index (χ4n) is 1.51. The average Bonchev–Trinajstić information content (AvgIpc) is 2.35. The SMILES string of the molecule is OC(c1ccccc1)c1c(I)cnc(Cl)c1F. The first-order valence-electron chi connectivity index (χ1n) is 4.83. The smallest absolute Gasteiger partial charge is 0.167 e. The monoisotopic (exact) mass is 363 g/mol. The van der Waals surface area contributed by atoms with Crippen molar-refractivity contribution < 1.29 is 9.50 Å². The minimum atomic E-state index is -1.04. The third kappa shape index (κ3) is 2.59. The van der Waals surface area contributed by atoms with Crippen molar-refractivity contribution >= 4 is 34.2 Å². The Bertz CT molecular complexity index is 536. The highest BCUT2D eigenvalue weighted by Gasteiger charge is 2.20. The molecule has 0 saturated carbocycles. The molecule has 1 N–H and O–H groups in total. The highest BCUT2D eigenvalue weighted by Crippen LogP contribution is 2.30. The van der Waals surface area contributed by atoms with E-state index in [4.69, 9.17) is 11.6 Å². The first kappa shape index (κ1) is 12.7. The summed E-state index contributed by atoms with van der Waals surface area (Å²) < 4.78 is 14.4. The molecule has 0 saturated heterocycles. The number of aliphatic hydroxyl groups is 1. The van der Waals surface area contributed by atoms with Crippen LogP contribution in [0.3, 0.4) is 0 Å². The molecule has 0 bridgehead atoms. The first-order chi connectivity index (χ1) is 8.11. The van der Waals surface area contributed by atoms with Crippen molar-refractivity contribution in [3.63, 3.8) is 0 Å². The maximum absolute atomic E-state index is 13.8. The van der Waals surface area contributed by atoms with Gasteiger partial charge in [0.1, 0.15) is 6.10 Å². The largest absolute Gasteiger partial charge is 0.384 e. The van der Waals surface area contributed by atoms with Crippen molar-refractivity contribution in [3.05, 3.63) is 62.2 Å². The summed E-state index contributed by atoms with van der Waals surface area (Å²) in [6.45, 7) is 0. The lowest BCUT2D eigenvalue weighted by Gasteiger charge is -2.14. The van der Waals surface area contributed by atoms with E-state index < -0.39 is 11.9 Å². The number of halogens is 3. The van der Waals surface area contributed by atoms with E-state index in [2.05, 4.69) is 4.98 Å². The van der Waals surface area contributed by atoms with Crippen LogP contribution in [-0.4, -0.2) is 10.1 Å². The molecule has 1 unspecified atom stereocenters. The van der Waals surface area contributed by atoms with Crippen LogP contribution in [0.2, 0.25) is 5.15 Å². The summed E-state index contributed by atoms with van der Waals surface area (Å²) in [5, 5.41) is 9.92. The highest BCUT2D eigenvalue weighted by molar-refractivity contribution is 14.1. The van der Waals surface area contributed by atoms with Gasteiger partial charge in [0.05, 0.1) is 0 Å². The average molecular weight is 364 g/mol. The lowest BCUT2D eigenvalue weighted by molar-refractivity contribution is 0.213. The van der Waals surface area contributed by atoms with Gasteiger partial charge in [0, 0.05) is 15.3 Å². The van der Waals surface area contributed by atoms with Crippen LogP contribution in [0.4, 0.5) is 4.39 Å². The van der Waals surface area contributed by atoms with Crippen molar-refractivity contribution in [3.8, 4) is 0 Å². The Morgan fingerprint density at radius 2 is 1.94 bits per heavy atom. The molecule has 1 heterocycles. The maximum Gasteiger partial charge on any atom is 0.167 e. The van der Waals surface area contributed by atoms with Crippen LogP contribution in [0.25, 0.3) is 0 Å². The molecule has 0 fully saturated rings. The van der Waals surface area contributed by atoms with Gasteiger partial charge in [-0.1, -0.05) is 41.9 Å². The fraction of sp³-hybridized carbons (Fsp3) is 0.0833. The molecular formula is C12H8ClFINO. The number of nitrogens with zero attached hydrogens (tertiary/aromatic N) is 1. The minimum absolute atomic E-state index is 0.164. The maximum atomic E-state index is 13.8. The van der Waals surface area contributed by atoms with Crippen LogP contribution >= 0.6 is 34.2 Å². The van der Waals surface area contributed by atoms with Gasteiger partial charge in [0.15, 0.2) is 11.0 Å². The lowest BCUT2D eigenvalue weighted by Crippen LogP contribution is -2.06. The van der Waals surface area contributed by atoms with E-state index >= 15 is 0 Å². The third-order valence-electron chi connectivity index (χ3n) is 2.35. The van der Waals surface area contributed by atoms with Crippen LogP contribution in [-0.2, 0) is 0 Å². The predicted molar refractivity (Wildman–Crippen MR) is 72.4 cm³/mol. The van der Waals surface area contributed by atoms with E-state index in [1.807, 2.05) is 28.7 Å². The molecule has 2 rings (SSSR count). The van der Waals surface area contributed by atoms with Crippen LogP contribution in [0.5, 0.6) is 0 Å². The Hall–Kier alpha value is -0.720. The summed E-state index contributed by atoms with van der Waals surface area (Å²) in [6, 6.07) is 8.86. The van der Waals surface area contributed by atoms with Gasteiger partial charge in [-0.3, -0.25) is 0 Å². The molecule has 0 amide bonds. The van der Waals surface area contributed by atoms with Gasteiger partial charge in [0.25, 0.3) is 0 Å². The summed E-state index contributed by atoms with van der Waals surface area (Å²) in [5.41, 5.74) is 0.781. The van der Waals surface area contributed by atoms with Crippen LogP contribution in [0.15, 0.2) is 36.5 Å². The van der Waals surface area contributed by atoms with Crippen LogP contribution in [0, 0.1) is 9.39 Å². The number of hydrogen-bond donors (Lipinski definition) is 1. The lowest BCUT2D eigenvalue weighted by atomic mass is 10.0. The molecule has 0 radical (unpaired) electrons. The molecule has 0 aliphatic rings. The summed E-state index contributed by atoms with van der Waals surface area (Å²) >= 11 is 7.54. The summed E-state index contributed by atoms with van der Waals surface area (Å²) in [6.07, 6.45) is 0.400. The van der Waals surface area contributed by atoms with Crippen molar-refractivity contribution in [1.82, 2.24) is 4.98 Å². The molecule has 0 aliphatic carbocycles. The second kappa shape index (κ2) is 5.29. The number of pyridine rings is 1. The van der Waals surface area contributed by atoms with E-state index in [1.54, 1.807) is 24.3 Å². The standard InChI is InChI=1S/C12H8ClFINO/c13-12-10(14)9(8(15)6-16-12)11(17)7-4-2-1-3-5-7/h1-6,11,17H. The number of benzene rings is 1. The molecule has 5 heteroatoms. The van der Waals surface area contributed by atoms with Crippen molar-refractivity contribution in [2.75, 3.05) is 0 Å². The second-order valence-corrected chi connectivity index (χ2v) is 4.96. The van der Waals surface area contributed by atoms with Gasteiger partial charge in [-0.25, -0.2) is 9.37 Å². The summed E-state index contributed by atoms with van der Waals surface area (Å²) in [4.78, 5) is 3.69. The number of rotatable bonds is 2. The Kier molecular flexibility index (Phi) is 3.96. The second-order valence-electron chi connectivity index (χ2n) is 3.44. The van der Waals surface area contributed by atoms with Gasteiger partial charge < -0.3 is 5.11 Å².